The highest BCUT2D eigenvalue weighted by Crippen LogP contribution is 2.44. The number of hydrogen-bond acceptors (Lipinski definition) is 5. The van der Waals surface area contributed by atoms with E-state index in [1.807, 2.05) is 12.1 Å². The molecule has 1 fully saturated rings. The summed E-state index contributed by atoms with van der Waals surface area (Å²) in [4.78, 5) is 13.1. The molecule has 0 unspecified atom stereocenters. The highest BCUT2D eigenvalue weighted by molar-refractivity contribution is 7.89. The van der Waals surface area contributed by atoms with Gasteiger partial charge >= 0.3 is 6.18 Å². The Morgan fingerprint density at radius 1 is 0.970 bits per heavy atom. The van der Waals surface area contributed by atoms with Gasteiger partial charge in [-0.25, -0.2) is 13.1 Å². The quantitative estimate of drug-likeness (QED) is 0.644. The number of fused-ring (bicyclic) bond motifs is 1. The van der Waals surface area contributed by atoms with Crippen molar-refractivity contribution in [1.82, 2.24) is 4.72 Å². The average molecular weight is 484 g/mol. The third-order valence-corrected chi connectivity index (χ3v) is 7.37. The lowest BCUT2D eigenvalue weighted by Crippen LogP contribution is -2.42. The van der Waals surface area contributed by atoms with Crippen LogP contribution in [0.3, 0.4) is 0 Å². The number of ether oxygens (including phenoxy) is 2. The lowest BCUT2D eigenvalue weighted by molar-refractivity contribution is -0.123. The minimum Gasteiger partial charge on any atom is -0.454 e. The SMILES string of the molecule is O=C(Nc1ccc(S(=O)(=O)NCC(F)(F)F)cc1)C1(c2ccc3c(c2)OCO3)CCCCC1. The number of rotatable bonds is 6. The molecule has 0 atom stereocenters. The number of carbonyl (C=O) groups is 1. The van der Waals surface area contributed by atoms with E-state index in [1.165, 1.54) is 16.9 Å². The van der Waals surface area contributed by atoms with E-state index in [-0.39, 0.29) is 17.6 Å². The summed E-state index contributed by atoms with van der Waals surface area (Å²) in [5.74, 6) is 0.985. The molecule has 4 rings (SSSR count). The van der Waals surface area contributed by atoms with Gasteiger partial charge in [-0.15, -0.1) is 0 Å². The monoisotopic (exact) mass is 484 g/mol. The Morgan fingerprint density at radius 3 is 2.30 bits per heavy atom. The van der Waals surface area contributed by atoms with Crippen LogP contribution in [-0.4, -0.2) is 33.8 Å². The molecule has 2 aromatic rings. The van der Waals surface area contributed by atoms with E-state index in [1.54, 1.807) is 6.07 Å². The molecule has 2 N–H and O–H groups in total. The number of alkyl halides is 3. The summed E-state index contributed by atoms with van der Waals surface area (Å²) in [5, 5.41) is 2.85. The fourth-order valence-corrected chi connectivity index (χ4v) is 5.24. The number of hydrogen-bond donors (Lipinski definition) is 2. The van der Waals surface area contributed by atoms with Gasteiger partial charge in [-0.2, -0.15) is 13.2 Å². The maximum atomic E-state index is 13.4. The van der Waals surface area contributed by atoms with E-state index in [0.29, 0.717) is 30.0 Å². The molecule has 2 aliphatic rings. The van der Waals surface area contributed by atoms with Crippen molar-refractivity contribution in [2.45, 2.75) is 48.6 Å². The third-order valence-electron chi connectivity index (χ3n) is 5.95. The van der Waals surface area contributed by atoms with Gasteiger partial charge in [0.15, 0.2) is 11.5 Å². The molecule has 0 radical (unpaired) electrons. The van der Waals surface area contributed by atoms with Gasteiger partial charge in [-0.05, 0) is 54.8 Å². The smallest absolute Gasteiger partial charge is 0.402 e. The molecule has 178 valence electrons. The first-order valence-electron chi connectivity index (χ1n) is 10.5. The Balaban J connectivity index is 1.53. The molecular formula is C22H23F3N2O5S. The Kier molecular flexibility index (Phi) is 6.28. The number of halogens is 3. The van der Waals surface area contributed by atoms with Crippen LogP contribution in [0.1, 0.15) is 37.7 Å². The van der Waals surface area contributed by atoms with Crippen molar-refractivity contribution in [3.05, 3.63) is 48.0 Å². The highest BCUT2D eigenvalue weighted by atomic mass is 32.2. The van der Waals surface area contributed by atoms with Crippen molar-refractivity contribution in [1.29, 1.82) is 0 Å². The normalized spacial score (nSPS) is 17.5. The van der Waals surface area contributed by atoms with Crippen LogP contribution in [0.5, 0.6) is 11.5 Å². The zero-order valence-corrected chi connectivity index (χ0v) is 18.4. The van der Waals surface area contributed by atoms with E-state index in [2.05, 4.69) is 5.32 Å². The highest BCUT2D eigenvalue weighted by Gasteiger charge is 2.42. The van der Waals surface area contributed by atoms with E-state index in [0.717, 1.165) is 37.0 Å². The van der Waals surface area contributed by atoms with Gasteiger partial charge < -0.3 is 14.8 Å². The van der Waals surface area contributed by atoms with Gasteiger partial charge in [0.1, 0.15) is 6.54 Å². The fourth-order valence-electron chi connectivity index (χ4n) is 4.22. The van der Waals surface area contributed by atoms with Gasteiger partial charge in [0.25, 0.3) is 0 Å². The van der Waals surface area contributed by atoms with Crippen LogP contribution in [-0.2, 0) is 20.2 Å². The summed E-state index contributed by atoms with van der Waals surface area (Å²) in [6, 6.07) is 10.5. The van der Waals surface area contributed by atoms with Crippen LogP contribution in [0, 0.1) is 0 Å². The van der Waals surface area contributed by atoms with Gasteiger partial charge in [0.05, 0.1) is 10.3 Å². The van der Waals surface area contributed by atoms with Gasteiger partial charge in [-0.3, -0.25) is 4.79 Å². The number of amides is 1. The molecule has 0 spiro atoms. The first kappa shape index (κ1) is 23.4. The van der Waals surface area contributed by atoms with Crippen LogP contribution in [0.15, 0.2) is 47.4 Å². The average Bonchev–Trinajstić information content (AvgIpc) is 3.26. The molecule has 1 saturated carbocycles. The predicted octanol–water partition coefficient (Wildman–Crippen LogP) is 4.10. The lowest BCUT2D eigenvalue weighted by atomic mass is 9.68. The van der Waals surface area contributed by atoms with Crippen molar-refractivity contribution in [3.8, 4) is 11.5 Å². The Labute approximate surface area is 189 Å². The van der Waals surface area contributed by atoms with Gasteiger partial charge in [0.2, 0.25) is 22.7 Å². The zero-order chi connectivity index (χ0) is 23.7. The van der Waals surface area contributed by atoms with Gasteiger partial charge in [0, 0.05) is 5.69 Å². The molecule has 0 saturated heterocycles. The largest absolute Gasteiger partial charge is 0.454 e. The summed E-state index contributed by atoms with van der Waals surface area (Å²) in [5.41, 5.74) is 0.387. The molecule has 1 aliphatic carbocycles. The number of benzene rings is 2. The van der Waals surface area contributed by atoms with Crippen LogP contribution >= 0.6 is 0 Å². The van der Waals surface area contributed by atoms with Crippen LogP contribution < -0.4 is 19.5 Å². The minimum absolute atomic E-state index is 0.130. The molecule has 2 aromatic carbocycles. The standard InChI is InChI=1S/C22H23F3N2O5S/c23-22(24,25)13-26-33(29,30)17-7-5-16(6-8-17)27-20(28)21(10-2-1-3-11-21)15-4-9-18-19(12-15)32-14-31-18/h4-9,12,26H,1-3,10-11,13-14H2,(H,27,28). The molecule has 7 nitrogen and oxygen atoms in total. The van der Waals surface area contributed by atoms with Crippen molar-refractivity contribution < 1.29 is 35.9 Å². The second-order valence-corrected chi connectivity index (χ2v) is 9.90. The minimum atomic E-state index is -4.66. The van der Waals surface area contributed by atoms with Crippen molar-refractivity contribution in [2.75, 3.05) is 18.7 Å². The summed E-state index contributed by atoms with van der Waals surface area (Å²) >= 11 is 0. The topological polar surface area (TPSA) is 93.7 Å². The molecule has 11 heteroatoms. The van der Waals surface area contributed by atoms with Crippen LogP contribution in [0.25, 0.3) is 0 Å². The maximum Gasteiger partial charge on any atom is 0.402 e. The number of anilines is 1. The lowest BCUT2D eigenvalue weighted by Gasteiger charge is -2.36. The van der Waals surface area contributed by atoms with Crippen molar-refractivity contribution >= 4 is 21.6 Å². The summed E-state index contributed by atoms with van der Waals surface area (Å²) in [6.07, 6.45) is -0.590. The Bertz CT molecular complexity index is 1130. The Morgan fingerprint density at radius 2 is 1.64 bits per heavy atom. The van der Waals surface area contributed by atoms with Crippen molar-refractivity contribution in [2.24, 2.45) is 0 Å². The van der Waals surface area contributed by atoms with Crippen molar-refractivity contribution in [3.63, 3.8) is 0 Å². The van der Waals surface area contributed by atoms with E-state index < -0.39 is 28.2 Å². The summed E-state index contributed by atoms with van der Waals surface area (Å²) in [7, 11) is -4.33. The summed E-state index contributed by atoms with van der Waals surface area (Å²) in [6.45, 7) is -1.53. The van der Waals surface area contributed by atoms with E-state index in [4.69, 9.17) is 9.47 Å². The number of carbonyl (C=O) groups excluding carboxylic acids is 1. The fraction of sp³-hybridized carbons (Fsp3) is 0.409. The molecule has 1 heterocycles. The van der Waals surface area contributed by atoms with E-state index >= 15 is 0 Å². The Hall–Kier alpha value is -2.79. The third kappa shape index (κ3) is 5.09. The van der Waals surface area contributed by atoms with Crippen LogP contribution in [0.4, 0.5) is 18.9 Å². The number of nitrogens with one attached hydrogen (secondary N) is 2. The molecule has 1 amide bonds. The maximum absolute atomic E-state index is 13.4. The van der Waals surface area contributed by atoms with Gasteiger partial charge in [-0.1, -0.05) is 25.3 Å². The summed E-state index contributed by atoms with van der Waals surface area (Å²) < 4.78 is 73.5. The molecule has 1 aliphatic heterocycles. The molecule has 33 heavy (non-hydrogen) atoms. The number of sulfonamides is 1. The first-order chi connectivity index (χ1) is 15.6. The predicted molar refractivity (Wildman–Crippen MR) is 114 cm³/mol. The molecule has 0 bridgehead atoms. The zero-order valence-electron chi connectivity index (χ0n) is 17.6. The van der Waals surface area contributed by atoms with Crippen LogP contribution in [0.2, 0.25) is 0 Å². The second-order valence-electron chi connectivity index (χ2n) is 8.13. The second kappa shape index (κ2) is 8.86. The molecule has 0 aromatic heterocycles. The van der Waals surface area contributed by atoms with E-state index in [9.17, 15) is 26.4 Å². The molecular weight excluding hydrogens is 461 g/mol. The first-order valence-corrected chi connectivity index (χ1v) is 12.0.